The van der Waals surface area contributed by atoms with E-state index in [-0.39, 0.29) is 17.4 Å². The van der Waals surface area contributed by atoms with Gasteiger partial charge in [0.25, 0.3) is 5.91 Å². The van der Waals surface area contributed by atoms with E-state index in [4.69, 9.17) is 9.84 Å². The molecule has 0 bridgehead atoms. The molecule has 0 radical (unpaired) electrons. The smallest absolute Gasteiger partial charge is 0.339 e. The van der Waals surface area contributed by atoms with Crippen molar-refractivity contribution in [1.82, 2.24) is 4.98 Å². The van der Waals surface area contributed by atoms with Gasteiger partial charge in [-0.05, 0) is 29.8 Å². The Labute approximate surface area is 135 Å². The number of H-pyrrole nitrogens is 1. The first-order valence-corrected chi connectivity index (χ1v) is 7.33. The van der Waals surface area contributed by atoms with Gasteiger partial charge in [0, 0.05) is 29.6 Å². The van der Waals surface area contributed by atoms with E-state index in [1.54, 1.807) is 18.3 Å². The monoisotopic (exact) mass is 324 g/mol. The van der Waals surface area contributed by atoms with E-state index >= 15 is 0 Å². The van der Waals surface area contributed by atoms with Gasteiger partial charge in [-0.3, -0.25) is 4.79 Å². The number of carboxylic acids is 1. The Hall–Kier alpha value is -3.35. The first kappa shape index (κ1) is 14.3. The number of hydrogen-bond donors (Lipinski definition) is 3. The Bertz CT molecular complexity index is 938. The molecule has 0 fully saturated rings. The third kappa shape index (κ3) is 2.10. The highest BCUT2D eigenvalue weighted by Gasteiger charge is 2.27. The van der Waals surface area contributed by atoms with Gasteiger partial charge in [-0.15, -0.1) is 0 Å². The Balaban J connectivity index is 1.82. The number of hydrogen-bond acceptors (Lipinski definition) is 4. The summed E-state index contributed by atoms with van der Waals surface area (Å²) in [5.41, 5.74) is 3.48. The van der Waals surface area contributed by atoms with Crippen molar-refractivity contribution in [3.8, 4) is 0 Å². The normalized spacial score (nSPS) is 17.2. The second kappa shape index (κ2) is 5.09. The summed E-state index contributed by atoms with van der Waals surface area (Å²) in [6.07, 6.45) is 3.77. The number of aromatic carboxylic acids is 1. The summed E-state index contributed by atoms with van der Waals surface area (Å²) in [6.45, 7) is 0.297. The number of esters is 1. The SMILES string of the molecule is O=C1Nc2ccc(C(=O)O)cc2C1=Cc1[nH]cc2c1CCOC2=O. The van der Waals surface area contributed by atoms with Gasteiger partial charge in [0.2, 0.25) is 0 Å². The molecule has 0 saturated carbocycles. The average Bonchev–Trinajstić information content (AvgIpc) is 3.10. The van der Waals surface area contributed by atoms with Crippen molar-refractivity contribution in [2.75, 3.05) is 11.9 Å². The predicted molar refractivity (Wildman–Crippen MR) is 84.7 cm³/mol. The third-order valence-corrected chi connectivity index (χ3v) is 4.17. The second-order valence-electron chi connectivity index (χ2n) is 5.56. The third-order valence-electron chi connectivity index (χ3n) is 4.17. The fraction of sp³-hybridized carbons (Fsp3) is 0.118. The van der Waals surface area contributed by atoms with Crippen LogP contribution in [0, 0.1) is 0 Å². The Kier molecular flexibility index (Phi) is 3.02. The molecule has 1 aromatic carbocycles. The van der Waals surface area contributed by atoms with Gasteiger partial charge in [-0.25, -0.2) is 9.59 Å². The lowest BCUT2D eigenvalue weighted by Crippen LogP contribution is -2.16. The summed E-state index contributed by atoms with van der Waals surface area (Å²) in [7, 11) is 0. The summed E-state index contributed by atoms with van der Waals surface area (Å²) in [5, 5.41) is 11.8. The molecule has 0 atom stereocenters. The lowest BCUT2D eigenvalue weighted by atomic mass is 10.00. The van der Waals surface area contributed by atoms with Crippen molar-refractivity contribution < 1.29 is 24.2 Å². The number of amides is 1. The minimum Gasteiger partial charge on any atom is -0.478 e. The number of benzene rings is 1. The zero-order valence-electron chi connectivity index (χ0n) is 12.4. The summed E-state index contributed by atoms with van der Waals surface area (Å²) >= 11 is 0. The maximum Gasteiger partial charge on any atom is 0.339 e. The van der Waals surface area contributed by atoms with Crippen LogP contribution >= 0.6 is 0 Å². The maximum absolute atomic E-state index is 12.2. The number of nitrogens with one attached hydrogen (secondary N) is 2. The standard InChI is InChI=1S/C17H12N2O5/c20-15-11(10-5-8(16(21)22)1-2-13(10)19-15)6-14-9-3-4-24-17(23)12(9)7-18-14/h1-2,5-7,18H,3-4H2,(H,19,20)(H,21,22). The van der Waals surface area contributed by atoms with Gasteiger partial charge >= 0.3 is 11.9 Å². The van der Waals surface area contributed by atoms with E-state index in [0.717, 1.165) is 5.56 Å². The van der Waals surface area contributed by atoms with Crippen LogP contribution in [-0.2, 0) is 16.0 Å². The van der Waals surface area contributed by atoms with Crippen molar-refractivity contribution in [2.24, 2.45) is 0 Å². The predicted octanol–water partition coefficient (Wildman–Crippen LogP) is 1.92. The quantitative estimate of drug-likeness (QED) is 0.578. The molecule has 3 N–H and O–H groups in total. The number of aromatic nitrogens is 1. The molecular formula is C17H12N2O5. The van der Waals surface area contributed by atoms with Crippen LogP contribution in [0.5, 0.6) is 0 Å². The van der Waals surface area contributed by atoms with Gasteiger partial charge in [-0.1, -0.05) is 0 Å². The molecule has 1 amide bonds. The van der Waals surface area contributed by atoms with Gasteiger partial charge in [0.1, 0.15) is 0 Å². The number of cyclic esters (lactones) is 1. The molecule has 0 aliphatic carbocycles. The van der Waals surface area contributed by atoms with Crippen LogP contribution in [0.3, 0.4) is 0 Å². The highest BCUT2D eigenvalue weighted by atomic mass is 16.5. The van der Waals surface area contributed by atoms with Crippen LogP contribution in [0.15, 0.2) is 24.4 Å². The minimum atomic E-state index is -1.06. The van der Waals surface area contributed by atoms with Gasteiger partial charge < -0.3 is 20.1 Å². The number of anilines is 1. The number of carboxylic acid groups (broad SMARTS) is 1. The van der Waals surface area contributed by atoms with Crippen LogP contribution in [-0.4, -0.2) is 34.5 Å². The molecule has 7 nitrogen and oxygen atoms in total. The largest absolute Gasteiger partial charge is 0.478 e. The van der Waals surface area contributed by atoms with Crippen LogP contribution in [0.4, 0.5) is 5.69 Å². The lowest BCUT2D eigenvalue weighted by Gasteiger charge is -2.12. The summed E-state index contributed by atoms with van der Waals surface area (Å²) in [6, 6.07) is 4.47. The highest BCUT2D eigenvalue weighted by Crippen LogP contribution is 2.34. The molecule has 0 spiro atoms. The first-order chi connectivity index (χ1) is 11.5. The fourth-order valence-corrected chi connectivity index (χ4v) is 2.98. The Morgan fingerprint density at radius 2 is 2.08 bits per heavy atom. The van der Waals surface area contributed by atoms with Gasteiger partial charge in [0.05, 0.1) is 23.3 Å². The zero-order chi connectivity index (χ0) is 16.8. The van der Waals surface area contributed by atoms with Crippen LogP contribution in [0.1, 0.15) is 37.5 Å². The molecule has 2 aliphatic rings. The molecule has 120 valence electrons. The molecular weight excluding hydrogens is 312 g/mol. The molecule has 1 aromatic heterocycles. The Morgan fingerprint density at radius 3 is 2.88 bits per heavy atom. The molecule has 4 rings (SSSR count). The molecule has 0 saturated heterocycles. The van der Waals surface area contributed by atoms with Crippen LogP contribution in [0.2, 0.25) is 0 Å². The van der Waals surface area contributed by atoms with Gasteiger partial charge in [-0.2, -0.15) is 0 Å². The number of carbonyl (C=O) groups excluding carboxylic acids is 2. The molecule has 2 aliphatic heterocycles. The molecule has 7 heteroatoms. The molecule has 24 heavy (non-hydrogen) atoms. The van der Waals surface area contributed by atoms with Crippen LogP contribution < -0.4 is 5.32 Å². The number of rotatable bonds is 2. The highest BCUT2D eigenvalue weighted by molar-refractivity contribution is 6.35. The van der Waals surface area contributed by atoms with E-state index in [9.17, 15) is 14.4 Å². The number of aromatic amines is 1. The Morgan fingerprint density at radius 1 is 1.25 bits per heavy atom. The van der Waals surface area contributed by atoms with Crippen molar-refractivity contribution in [3.05, 3.63) is 52.3 Å². The van der Waals surface area contributed by atoms with E-state index in [1.807, 2.05) is 0 Å². The number of fused-ring (bicyclic) bond motifs is 2. The fourth-order valence-electron chi connectivity index (χ4n) is 2.98. The lowest BCUT2D eigenvalue weighted by molar-refractivity contribution is -0.110. The van der Waals surface area contributed by atoms with Crippen molar-refractivity contribution in [1.29, 1.82) is 0 Å². The number of carbonyl (C=O) groups is 3. The topological polar surface area (TPSA) is 108 Å². The van der Waals surface area contributed by atoms with E-state index in [0.29, 0.717) is 41.1 Å². The van der Waals surface area contributed by atoms with Crippen molar-refractivity contribution >= 4 is 35.2 Å². The first-order valence-electron chi connectivity index (χ1n) is 7.33. The molecule has 0 unspecified atom stereocenters. The van der Waals surface area contributed by atoms with Crippen LogP contribution in [0.25, 0.3) is 11.6 Å². The van der Waals surface area contributed by atoms with E-state index < -0.39 is 5.97 Å². The van der Waals surface area contributed by atoms with Gasteiger partial charge in [0.15, 0.2) is 0 Å². The summed E-state index contributed by atoms with van der Waals surface area (Å²) < 4.78 is 4.98. The average molecular weight is 324 g/mol. The molecule has 2 aromatic rings. The second-order valence-corrected chi connectivity index (χ2v) is 5.56. The molecule has 3 heterocycles. The summed E-state index contributed by atoms with van der Waals surface area (Å²) in [4.78, 5) is 38.1. The van der Waals surface area contributed by atoms with E-state index in [1.165, 1.54) is 12.1 Å². The maximum atomic E-state index is 12.2. The van der Waals surface area contributed by atoms with Crippen molar-refractivity contribution in [2.45, 2.75) is 6.42 Å². The number of ether oxygens (including phenoxy) is 1. The van der Waals surface area contributed by atoms with E-state index in [2.05, 4.69) is 10.3 Å². The minimum absolute atomic E-state index is 0.105. The zero-order valence-corrected chi connectivity index (χ0v) is 12.4. The van der Waals surface area contributed by atoms with Crippen molar-refractivity contribution in [3.63, 3.8) is 0 Å². The summed E-state index contributed by atoms with van der Waals surface area (Å²) in [5.74, 6) is -1.76.